The van der Waals surface area contributed by atoms with Gasteiger partial charge in [-0.05, 0) is 31.2 Å². The van der Waals surface area contributed by atoms with Crippen molar-refractivity contribution in [3.8, 4) is 0 Å². The van der Waals surface area contributed by atoms with Crippen LogP contribution in [0.5, 0.6) is 0 Å². The molecule has 0 saturated heterocycles. The van der Waals surface area contributed by atoms with E-state index in [1.807, 2.05) is 0 Å². The van der Waals surface area contributed by atoms with E-state index in [-0.39, 0.29) is 6.04 Å². The minimum absolute atomic E-state index is 0.156. The third-order valence-electron chi connectivity index (χ3n) is 4.13. The standard InChI is InChI=1S/C15H25ClN2O2S/c1-12(2)7-8-18(14-5-3-4-6-14)21(19,20)15-9-13(10-16)17-11-15/h9,11-12,14,17H,3-8,10H2,1-2H3. The Kier molecular flexibility index (Phi) is 5.74. The van der Waals surface area contributed by atoms with Gasteiger partial charge in [0.2, 0.25) is 10.0 Å². The van der Waals surface area contributed by atoms with Crippen LogP contribution < -0.4 is 0 Å². The predicted molar refractivity (Wildman–Crippen MR) is 86.0 cm³/mol. The van der Waals surface area contributed by atoms with Gasteiger partial charge in [-0.15, -0.1) is 11.6 Å². The second-order valence-electron chi connectivity index (χ2n) is 6.23. The summed E-state index contributed by atoms with van der Waals surface area (Å²) < 4.78 is 27.6. The fourth-order valence-electron chi connectivity index (χ4n) is 2.86. The molecule has 0 spiro atoms. The van der Waals surface area contributed by atoms with Gasteiger partial charge < -0.3 is 4.98 Å². The molecular formula is C15H25ClN2O2S. The Morgan fingerprint density at radius 3 is 2.57 bits per heavy atom. The fourth-order valence-corrected chi connectivity index (χ4v) is 4.73. The number of alkyl halides is 1. The highest BCUT2D eigenvalue weighted by atomic mass is 35.5. The van der Waals surface area contributed by atoms with Crippen LogP contribution in [-0.4, -0.2) is 30.3 Å². The molecule has 1 N–H and O–H groups in total. The summed E-state index contributed by atoms with van der Waals surface area (Å²) in [5, 5.41) is 0. The van der Waals surface area contributed by atoms with Crippen molar-refractivity contribution in [2.24, 2.45) is 5.92 Å². The Hall–Kier alpha value is -0.520. The highest BCUT2D eigenvalue weighted by Crippen LogP contribution is 2.29. The van der Waals surface area contributed by atoms with E-state index in [9.17, 15) is 8.42 Å². The van der Waals surface area contributed by atoms with Crippen molar-refractivity contribution in [3.05, 3.63) is 18.0 Å². The molecule has 0 bridgehead atoms. The summed E-state index contributed by atoms with van der Waals surface area (Å²) >= 11 is 5.76. The molecule has 1 aromatic heterocycles. The second kappa shape index (κ2) is 7.16. The van der Waals surface area contributed by atoms with E-state index in [0.717, 1.165) is 37.8 Å². The van der Waals surface area contributed by atoms with Gasteiger partial charge in [0, 0.05) is 24.5 Å². The van der Waals surface area contributed by atoms with Crippen LogP contribution in [0.15, 0.2) is 17.2 Å². The summed E-state index contributed by atoms with van der Waals surface area (Å²) in [6, 6.07) is 1.81. The zero-order valence-electron chi connectivity index (χ0n) is 12.8. The van der Waals surface area contributed by atoms with Crippen LogP contribution in [0, 0.1) is 5.92 Å². The van der Waals surface area contributed by atoms with Crippen molar-refractivity contribution < 1.29 is 8.42 Å². The molecular weight excluding hydrogens is 308 g/mol. The van der Waals surface area contributed by atoms with Crippen LogP contribution in [0.4, 0.5) is 0 Å². The highest BCUT2D eigenvalue weighted by molar-refractivity contribution is 7.89. The van der Waals surface area contributed by atoms with Crippen LogP contribution in [-0.2, 0) is 15.9 Å². The Morgan fingerprint density at radius 2 is 2.05 bits per heavy atom. The van der Waals surface area contributed by atoms with Crippen LogP contribution >= 0.6 is 11.6 Å². The van der Waals surface area contributed by atoms with E-state index in [1.165, 1.54) is 0 Å². The molecule has 0 aromatic carbocycles. The average Bonchev–Trinajstić information content (AvgIpc) is 3.09. The first kappa shape index (κ1) is 16.8. The summed E-state index contributed by atoms with van der Waals surface area (Å²) in [4.78, 5) is 3.28. The quantitative estimate of drug-likeness (QED) is 0.773. The number of H-pyrrole nitrogens is 1. The van der Waals surface area contributed by atoms with Crippen molar-refractivity contribution in [1.82, 2.24) is 9.29 Å². The molecule has 0 radical (unpaired) electrons. The number of nitrogens with zero attached hydrogens (tertiary/aromatic N) is 1. The third kappa shape index (κ3) is 4.02. The van der Waals surface area contributed by atoms with Gasteiger partial charge >= 0.3 is 0 Å². The number of aromatic amines is 1. The molecule has 1 aliphatic carbocycles. The predicted octanol–water partition coefficient (Wildman–Crippen LogP) is 3.73. The van der Waals surface area contributed by atoms with E-state index in [4.69, 9.17) is 11.6 Å². The molecule has 1 aromatic rings. The highest BCUT2D eigenvalue weighted by Gasteiger charge is 2.33. The Bertz CT molecular complexity index is 548. The van der Waals surface area contributed by atoms with Gasteiger partial charge in [0.25, 0.3) is 0 Å². The summed E-state index contributed by atoms with van der Waals surface area (Å²) in [6.07, 6.45) is 6.65. The lowest BCUT2D eigenvalue weighted by atomic mass is 10.1. The van der Waals surface area contributed by atoms with Crippen molar-refractivity contribution in [1.29, 1.82) is 0 Å². The van der Waals surface area contributed by atoms with Crippen LogP contribution in [0.1, 0.15) is 51.6 Å². The van der Waals surface area contributed by atoms with E-state index < -0.39 is 10.0 Å². The summed E-state index contributed by atoms with van der Waals surface area (Å²) in [7, 11) is -3.43. The summed E-state index contributed by atoms with van der Waals surface area (Å²) in [5.74, 6) is 0.791. The number of halogens is 1. The zero-order valence-corrected chi connectivity index (χ0v) is 14.4. The normalized spacial score (nSPS) is 17.2. The minimum atomic E-state index is -3.43. The molecule has 1 fully saturated rings. The van der Waals surface area contributed by atoms with E-state index in [0.29, 0.717) is 23.2 Å². The maximum atomic E-state index is 12.9. The lowest BCUT2D eigenvalue weighted by molar-refractivity contribution is 0.304. The Labute approximate surface area is 132 Å². The molecule has 2 rings (SSSR count). The lowest BCUT2D eigenvalue weighted by Gasteiger charge is -2.28. The maximum Gasteiger partial charge on any atom is 0.244 e. The minimum Gasteiger partial charge on any atom is -0.363 e. The number of rotatable bonds is 7. The molecule has 0 atom stereocenters. The van der Waals surface area contributed by atoms with Gasteiger partial charge in [0.1, 0.15) is 0 Å². The van der Waals surface area contributed by atoms with Crippen molar-refractivity contribution in [3.63, 3.8) is 0 Å². The summed E-state index contributed by atoms with van der Waals surface area (Å²) in [5.41, 5.74) is 0.741. The topological polar surface area (TPSA) is 53.2 Å². The Morgan fingerprint density at radius 1 is 1.38 bits per heavy atom. The van der Waals surface area contributed by atoms with E-state index >= 15 is 0 Å². The van der Waals surface area contributed by atoms with E-state index in [2.05, 4.69) is 18.8 Å². The number of aromatic nitrogens is 1. The molecule has 1 saturated carbocycles. The second-order valence-corrected chi connectivity index (χ2v) is 8.39. The molecule has 6 heteroatoms. The van der Waals surface area contributed by atoms with Crippen LogP contribution in [0.2, 0.25) is 0 Å². The van der Waals surface area contributed by atoms with Gasteiger partial charge in [0.05, 0.1) is 10.8 Å². The molecule has 120 valence electrons. The largest absolute Gasteiger partial charge is 0.363 e. The van der Waals surface area contributed by atoms with Gasteiger partial charge in [0.15, 0.2) is 0 Å². The number of sulfonamides is 1. The van der Waals surface area contributed by atoms with Gasteiger partial charge in [-0.25, -0.2) is 8.42 Å². The van der Waals surface area contributed by atoms with E-state index in [1.54, 1.807) is 16.6 Å². The smallest absolute Gasteiger partial charge is 0.244 e. The van der Waals surface area contributed by atoms with Crippen LogP contribution in [0.25, 0.3) is 0 Å². The van der Waals surface area contributed by atoms with Crippen LogP contribution in [0.3, 0.4) is 0 Å². The molecule has 1 aliphatic rings. The number of hydrogen-bond donors (Lipinski definition) is 1. The van der Waals surface area contributed by atoms with Crippen molar-refractivity contribution in [2.45, 2.75) is 62.8 Å². The third-order valence-corrected chi connectivity index (χ3v) is 6.34. The molecule has 0 unspecified atom stereocenters. The summed E-state index contributed by atoms with van der Waals surface area (Å²) in [6.45, 7) is 4.86. The van der Waals surface area contributed by atoms with Gasteiger partial charge in [-0.1, -0.05) is 26.7 Å². The molecule has 21 heavy (non-hydrogen) atoms. The maximum absolute atomic E-state index is 12.9. The average molecular weight is 333 g/mol. The fraction of sp³-hybridized carbons (Fsp3) is 0.733. The zero-order chi connectivity index (χ0) is 15.5. The molecule has 0 aliphatic heterocycles. The molecule has 1 heterocycles. The molecule has 4 nitrogen and oxygen atoms in total. The SMILES string of the molecule is CC(C)CCN(C1CCCC1)S(=O)(=O)c1c[nH]c(CCl)c1. The number of nitrogens with one attached hydrogen (secondary N) is 1. The van der Waals surface area contributed by atoms with Gasteiger partial charge in [-0.2, -0.15) is 4.31 Å². The monoisotopic (exact) mass is 332 g/mol. The molecule has 0 amide bonds. The first-order chi connectivity index (χ1) is 9.95. The van der Waals surface area contributed by atoms with Crippen molar-refractivity contribution in [2.75, 3.05) is 6.54 Å². The first-order valence-electron chi connectivity index (χ1n) is 7.70. The Balaban J connectivity index is 2.24. The first-order valence-corrected chi connectivity index (χ1v) is 9.67. The number of hydrogen-bond acceptors (Lipinski definition) is 2. The van der Waals surface area contributed by atoms with Gasteiger partial charge in [-0.3, -0.25) is 0 Å². The van der Waals surface area contributed by atoms with Crippen molar-refractivity contribution >= 4 is 21.6 Å². The lowest BCUT2D eigenvalue weighted by Crippen LogP contribution is -2.39.